The lowest BCUT2D eigenvalue weighted by Gasteiger charge is -2.32. The summed E-state index contributed by atoms with van der Waals surface area (Å²) in [6.07, 6.45) is 3.54. The molecular weight excluding hydrogens is 290 g/mol. The number of carbonyl (C=O) groups excluding carboxylic acids is 1. The Morgan fingerprint density at radius 2 is 1.86 bits per heavy atom. The quantitative estimate of drug-likeness (QED) is 0.640. The summed E-state index contributed by atoms with van der Waals surface area (Å²) in [6, 6.07) is 0. The van der Waals surface area contributed by atoms with E-state index in [-0.39, 0.29) is 11.4 Å². The van der Waals surface area contributed by atoms with E-state index < -0.39 is 10.2 Å². The third kappa shape index (κ3) is 8.38. The summed E-state index contributed by atoms with van der Waals surface area (Å²) in [5.41, 5.74) is -0.377. The molecule has 0 rings (SSSR count). The Bertz CT molecular complexity index is 423. The van der Waals surface area contributed by atoms with Crippen molar-refractivity contribution in [2.75, 3.05) is 20.6 Å². The molecule has 1 unspecified atom stereocenters. The SMILES string of the molecule is CNS(=O)(=O)N(C)CCC(C)(CCCC(C)C)NC(C)=O. The number of hydrogen-bond acceptors (Lipinski definition) is 3. The summed E-state index contributed by atoms with van der Waals surface area (Å²) >= 11 is 0. The molecule has 2 N–H and O–H groups in total. The minimum absolute atomic E-state index is 0.0822. The monoisotopic (exact) mass is 321 g/mol. The fourth-order valence-electron chi connectivity index (χ4n) is 2.26. The molecule has 0 aliphatic rings. The first-order valence-corrected chi connectivity index (χ1v) is 8.90. The largest absolute Gasteiger partial charge is 0.351 e. The van der Waals surface area contributed by atoms with Gasteiger partial charge in [-0.25, -0.2) is 4.72 Å². The molecule has 0 aromatic carbocycles. The number of nitrogens with one attached hydrogen (secondary N) is 2. The third-order valence-corrected chi connectivity index (χ3v) is 5.15. The highest BCUT2D eigenvalue weighted by Gasteiger charge is 2.27. The van der Waals surface area contributed by atoms with Crippen LogP contribution in [-0.4, -0.2) is 44.8 Å². The van der Waals surface area contributed by atoms with Crippen LogP contribution in [0.1, 0.15) is 53.4 Å². The van der Waals surface area contributed by atoms with Crippen LogP contribution in [0.3, 0.4) is 0 Å². The molecule has 1 amide bonds. The van der Waals surface area contributed by atoms with Gasteiger partial charge in [0.05, 0.1) is 0 Å². The summed E-state index contributed by atoms with van der Waals surface area (Å²) in [5, 5.41) is 2.97. The van der Waals surface area contributed by atoms with Crippen LogP contribution >= 0.6 is 0 Å². The molecule has 0 saturated heterocycles. The Morgan fingerprint density at radius 1 is 1.29 bits per heavy atom. The summed E-state index contributed by atoms with van der Waals surface area (Å²) in [4.78, 5) is 11.4. The maximum Gasteiger partial charge on any atom is 0.278 e. The number of amides is 1. The minimum atomic E-state index is -3.41. The molecule has 0 fully saturated rings. The highest BCUT2D eigenvalue weighted by molar-refractivity contribution is 7.87. The third-order valence-electron chi connectivity index (χ3n) is 3.63. The molecule has 0 aliphatic heterocycles. The van der Waals surface area contributed by atoms with Crippen LogP contribution in [0.25, 0.3) is 0 Å². The number of carbonyl (C=O) groups is 1. The molecule has 0 heterocycles. The van der Waals surface area contributed by atoms with Gasteiger partial charge < -0.3 is 5.32 Å². The molecule has 0 radical (unpaired) electrons. The van der Waals surface area contributed by atoms with Gasteiger partial charge in [-0.3, -0.25) is 4.79 Å². The van der Waals surface area contributed by atoms with Crippen molar-refractivity contribution in [1.29, 1.82) is 0 Å². The Hall–Kier alpha value is -0.660. The predicted molar refractivity (Wildman–Crippen MR) is 86.1 cm³/mol. The van der Waals surface area contributed by atoms with Gasteiger partial charge >= 0.3 is 0 Å². The highest BCUT2D eigenvalue weighted by Crippen LogP contribution is 2.21. The first kappa shape index (κ1) is 20.3. The molecule has 21 heavy (non-hydrogen) atoms. The predicted octanol–water partition coefficient (Wildman–Crippen LogP) is 1.49. The molecule has 0 spiro atoms. The molecule has 0 aliphatic carbocycles. The lowest BCUT2D eigenvalue weighted by molar-refractivity contribution is -0.120. The molecule has 7 heteroatoms. The van der Waals surface area contributed by atoms with E-state index >= 15 is 0 Å². The molecule has 126 valence electrons. The van der Waals surface area contributed by atoms with Crippen LogP contribution in [0.2, 0.25) is 0 Å². The summed E-state index contributed by atoms with van der Waals surface area (Å²) in [5.74, 6) is 0.542. The van der Waals surface area contributed by atoms with E-state index in [0.717, 1.165) is 19.3 Å². The molecular formula is C14H31N3O3S. The second-order valence-corrected chi connectivity index (χ2v) is 8.29. The summed E-state index contributed by atoms with van der Waals surface area (Å²) < 4.78 is 26.9. The van der Waals surface area contributed by atoms with Crippen molar-refractivity contribution in [3.05, 3.63) is 0 Å². The van der Waals surface area contributed by atoms with Gasteiger partial charge in [-0.1, -0.05) is 26.7 Å². The van der Waals surface area contributed by atoms with Crippen molar-refractivity contribution >= 4 is 16.1 Å². The van der Waals surface area contributed by atoms with Gasteiger partial charge in [-0.05, 0) is 25.7 Å². The van der Waals surface area contributed by atoms with Crippen LogP contribution in [0.4, 0.5) is 0 Å². The maximum atomic E-state index is 11.7. The molecule has 0 bridgehead atoms. The standard InChI is InChI=1S/C14H31N3O3S/c1-12(2)8-7-9-14(4,16-13(3)18)10-11-17(6)21(19,20)15-5/h12,15H,7-11H2,1-6H3,(H,16,18). The van der Waals surface area contributed by atoms with Crippen molar-refractivity contribution in [3.8, 4) is 0 Å². The van der Waals surface area contributed by atoms with E-state index in [1.54, 1.807) is 0 Å². The number of nitrogens with zero attached hydrogens (tertiary/aromatic N) is 1. The fraction of sp³-hybridized carbons (Fsp3) is 0.929. The molecule has 1 atom stereocenters. The van der Waals surface area contributed by atoms with Crippen LogP contribution in [0.5, 0.6) is 0 Å². The normalized spacial score (nSPS) is 15.2. The molecule has 6 nitrogen and oxygen atoms in total. The van der Waals surface area contributed by atoms with Gasteiger partial charge in [0.25, 0.3) is 10.2 Å². The summed E-state index contributed by atoms with van der Waals surface area (Å²) in [7, 11) is -0.486. The smallest absolute Gasteiger partial charge is 0.278 e. The average Bonchev–Trinajstić information content (AvgIpc) is 2.34. The van der Waals surface area contributed by atoms with Crippen LogP contribution < -0.4 is 10.0 Å². The van der Waals surface area contributed by atoms with Crippen LogP contribution in [0, 0.1) is 5.92 Å². The molecule has 0 aromatic rings. The maximum absolute atomic E-state index is 11.7. The lowest BCUT2D eigenvalue weighted by Crippen LogP contribution is -2.48. The van der Waals surface area contributed by atoms with E-state index in [2.05, 4.69) is 23.9 Å². The molecule has 0 aromatic heterocycles. The van der Waals surface area contributed by atoms with Crippen molar-refractivity contribution in [1.82, 2.24) is 14.3 Å². The van der Waals surface area contributed by atoms with Crippen molar-refractivity contribution < 1.29 is 13.2 Å². The van der Waals surface area contributed by atoms with Crippen molar-refractivity contribution in [3.63, 3.8) is 0 Å². The van der Waals surface area contributed by atoms with E-state index in [4.69, 9.17) is 0 Å². The summed E-state index contributed by atoms with van der Waals surface area (Å²) in [6.45, 7) is 8.18. The zero-order valence-electron chi connectivity index (χ0n) is 14.2. The van der Waals surface area contributed by atoms with Gasteiger partial charge in [0.15, 0.2) is 0 Å². The van der Waals surface area contributed by atoms with Gasteiger partial charge in [-0.15, -0.1) is 0 Å². The first-order valence-electron chi connectivity index (χ1n) is 7.46. The van der Waals surface area contributed by atoms with E-state index in [1.165, 1.54) is 25.3 Å². The Kier molecular flexibility index (Phi) is 8.43. The minimum Gasteiger partial charge on any atom is -0.351 e. The Labute approximate surface area is 129 Å². The number of hydrogen-bond donors (Lipinski definition) is 2. The lowest BCUT2D eigenvalue weighted by atomic mass is 9.89. The Morgan fingerprint density at radius 3 is 2.29 bits per heavy atom. The topological polar surface area (TPSA) is 78.5 Å². The average molecular weight is 321 g/mol. The zero-order valence-corrected chi connectivity index (χ0v) is 15.0. The van der Waals surface area contributed by atoms with Crippen LogP contribution in [-0.2, 0) is 15.0 Å². The second-order valence-electron chi connectivity index (χ2n) is 6.31. The number of rotatable bonds is 10. The zero-order chi connectivity index (χ0) is 16.7. The van der Waals surface area contributed by atoms with Gasteiger partial charge in [0.1, 0.15) is 0 Å². The van der Waals surface area contributed by atoms with Crippen molar-refractivity contribution in [2.45, 2.75) is 58.9 Å². The van der Waals surface area contributed by atoms with E-state index in [1.807, 2.05) is 6.92 Å². The second kappa shape index (κ2) is 8.70. The van der Waals surface area contributed by atoms with Gasteiger partial charge in [-0.2, -0.15) is 12.7 Å². The van der Waals surface area contributed by atoms with Gasteiger partial charge in [0, 0.05) is 33.1 Å². The Balaban J connectivity index is 4.64. The fourth-order valence-corrected chi connectivity index (χ4v) is 2.90. The van der Waals surface area contributed by atoms with Crippen LogP contribution in [0.15, 0.2) is 0 Å². The first-order chi connectivity index (χ1) is 9.52. The van der Waals surface area contributed by atoms with E-state index in [9.17, 15) is 13.2 Å². The van der Waals surface area contributed by atoms with E-state index in [0.29, 0.717) is 18.9 Å². The van der Waals surface area contributed by atoms with Gasteiger partial charge in [0.2, 0.25) is 5.91 Å². The highest BCUT2D eigenvalue weighted by atomic mass is 32.2. The van der Waals surface area contributed by atoms with Crippen molar-refractivity contribution in [2.24, 2.45) is 5.92 Å². The molecule has 0 saturated carbocycles.